The molecule has 1 aromatic rings. The highest BCUT2D eigenvalue weighted by Crippen LogP contribution is 2.30. The summed E-state index contributed by atoms with van der Waals surface area (Å²) >= 11 is 6.05. The molecule has 2 rings (SSSR count). The quantitative estimate of drug-likeness (QED) is 0.764. The molecule has 7 heteroatoms. The molecule has 1 aromatic carbocycles. The third kappa shape index (κ3) is 3.71. The van der Waals surface area contributed by atoms with Gasteiger partial charge in [-0.2, -0.15) is 0 Å². The molecule has 1 saturated carbocycles. The number of halogens is 2. The molecule has 1 aliphatic rings. The van der Waals surface area contributed by atoms with E-state index in [-0.39, 0.29) is 21.4 Å². The van der Waals surface area contributed by atoms with E-state index in [0.717, 1.165) is 12.8 Å². The van der Waals surface area contributed by atoms with E-state index in [1.807, 2.05) is 6.92 Å². The molecule has 0 unspecified atom stereocenters. The van der Waals surface area contributed by atoms with Crippen molar-refractivity contribution in [3.63, 3.8) is 0 Å². The zero-order chi connectivity index (χ0) is 15.6. The standard InChI is InChI=1S/C14H17Cl2NO3S/c1-2-17(9-10-5-3-6-10)14(18)13-11(15)7-4-8-12(13)21(16,19)20/h4,7-8,10H,2-3,5-6,9H2,1H3. The second-order valence-electron chi connectivity index (χ2n) is 5.19. The number of carbonyl (C=O) groups is 1. The zero-order valence-electron chi connectivity index (χ0n) is 11.7. The summed E-state index contributed by atoms with van der Waals surface area (Å²) in [6, 6.07) is 4.27. The van der Waals surface area contributed by atoms with Crippen LogP contribution in [0.15, 0.2) is 23.1 Å². The van der Waals surface area contributed by atoms with Gasteiger partial charge in [-0.25, -0.2) is 8.42 Å². The highest BCUT2D eigenvalue weighted by Gasteiger charge is 2.29. The Morgan fingerprint density at radius 2 is 2.05 bits per heavy atom. The Morgan fingerprint density at radius 1 is 1.38 bits per heavy atom. The number of hydrogen-bond acceptors (Lipinski definition) is 3. The average Bonchev–Trinajstić information content (AvgIpc) is 2.35. The topological polar surface area (TPSA) is 54.5 Å². The van der Waals surface area contributed by atoms with Crippen molar-refractivity contribution in [2.45, 2.75) is 31.1 Å². The molecule has 116 valence electrons. The molecule has 1 aliphatic carbocycles. The first kappa shape index (κ1) is 16.6. The molecule has 0 radical (unpaired) electrons. The minimum absolute atomic E-state index is 0.0321. The van der Waals surface area contributed by atoms with Gasteiger partial charge in [-0.15, -0.1) is 0 Å². The molecule has 0 spiro atoms. The lowest BCUT2D eigenvalue weighted by Gasteiger charge is -2.32. The van der Waals surface area contributed by atoms with Crippen molar-refractivity contribution in [1.29, 1.82) is 0 Å². The summed E-state index contributed by atoms with van der Waals surface area (Å²) < 4.78 is 23.3. The minimum Gasteiger partial charge on any atom is -0.339 e. The second kappa shape index (κ2) is 6.55. The Hall–Kier alpha value is -0.780. The fourth-order valence-electron chi connectivity index (χ4n) is 2.42. The van der Waals surface area contributed by atoms with E-state index in [1.165, 1.54) is 24.6 Å². The average molecular weight is 350 g/mol. The van der Waals surface area contributed by atoms with Crippen molar-refractivity contribution in [3.05, 3.63) is 28.8 Å². The van der Waals surface area contributed by atoms with Crippen LogP contribution in [0.2, 0.25) is 5.02 Å². The summed E-state index contributed by atoms with van der Waals surface area (Å²) in [6.45, 7) is 2.99. The van der Waals surface area contributed by atoms with E-state index >= 15 is 0 Å². The Kier molecular flexibility index (Phi) is 5.17. The lowest BCUT2D eigenvalue weighted by molar-refractivity contribution is 0.0703. The van der Waals surface area contributed by atoms with Crippen molar-refractivity contribution >= 4 is 37.2 Å². The molecule has 0 aromatic heterocycles. The van der Waals surface area contributed by atoms with Crippen molar-refractivity contribution in [3.8, 4) is 0 Å². The summed E-state index contributed by atoms with van der Waals surface area (Å²) in [7, 11) is 1.39. The van der Waals surface area contributed by atoms with Crippen LogP contribution in [0, 0.1) is 5.92 Å². The normalized spacial score (nSPS) is 15.6. The van der Waals surface area contributed by atoms with Gasteiger partial charge in [0.05, 0.1) is 15.5 Å². The Morgan fingerprint density at radius 3 is 2.52 bits per heavy atom. The van der Waals surface area contributed by atoms with Crippen LogP contribution in [0.5, 0.6) is 0 Å². The summed E-state index contributed by atoms with van der Waals surface area (Å²) in [5.74, 6) is 0.113. The molecule has 1 fully saturated rings. The number of amides is 1. The van der Waals surface area contributed by atoms with Gasteiger partial charge in [0.15, 0.2) is 0 Å². The first-order chi connectivity index (χ1) is 9.84. The molecular weight excluding hydrogens is 333 g/mol. The Labute approximate surface area is 134 Å². The van der Waals surface area contributed by atoms with Crippen molar-refractivity contribution in [1.82, 2.24) is 4.90 Å². The fourth-order valence-corrected chi connectivity index (χ4v) is 3.80. The number of carbonyl (C=O) groups excluding carboxylic acids is 1. The van der Waals surface area contributed by atoms with Gasteiger partial charge in [-0.3, -0.25) is 4.79 Å². The highest BCUT2D eigenvalue weighted by molar-refractivity contribution is 8.13. The van der Waals surface area contributed by atoms with Crippen LogP contribution in [0.1, 0.15) is 36.5 Å². The highest BCUT2D eigenvalue weighted by atomic mass is 35.7. The molecule has 0 N–H and O–H groups in total. The van der Waals surface area contributed by atoms with Crippen LogP contribution in [-0.2, 0) is 9.05 Å². The van der Waals surface area contributed by atoms with Crippen molar-refractivity contribution in [2.24, 2.45) is 5.92 Å². The molecular formula is C14H17Cl2NO3S. The van der Waals surface area contributed by atoms with Gasteiger partial charge in [0.2, 0.25) is 0 Å². The molecule has 4 nitrogen and oxygen atoms in total. The molecule has 0 aliphatic heterocycles. The summed E-state index contributed by atoms with van der Waals surface area (Å²) in [6.07, 6.45) is 3.39. The number of nitrogens with zero attached hydrogens (tertiary/aromatic N) is 1. The van der Waals surface area contributed by atoms with E-state index in [2.05, 4.69) is 0 Å². The zero-order valence-corrected chi connectivity index (χ0v) is 14.0. The van der Waals surface area contributed by atoms with Gasteiger partial charge in [0.25, 0.3) is 15.0 Å². The summed E-state index contributed by atoms with van der Waals surface area (Å²) in [5.41, 5.74) is -0.0321. The molecule has 0 bridgehead atoms. The van der Waals surface area contributed by atoms with Crippen LogP contribution in [0.4, 0.5) is 0 Å². The van der Waals surface area contributed by atoms with Gasteiger partial charge < -0.3 is 4.90 Å². The maximum Gasteiger partial charge on any atom is 0.262 e. The largest absolute Gasteiger partial charge is 0.339 e. The maximum atomic E-state index is 12.7. The Bertz CT molecular complexity index is 642. The van der Waals surface area contributed by atoms with Gasteiger partial charge in [-0.05, 0) is 37.8 Å². The number of rotatable bonds is 5. The van der Waals surface area contributed by atoms with Gasteiger partial charge >= 0.3 is 0 Å². The number of benzene rings is 1. The predicted octanol–water partition coefficient (Wildman–Crippen LogP) is 3.53. The van der Waals surface area contributed by atoms with E-state index in [4.69, 9.17) is 22.3 Å². The molecule has 0 heterocycles. The third-order valence-electron chi connectivity index (χ3n) is 3.82. The van der Waals surface area contributed by atoms with E-state index < -0.39 is 9.05 Å². The third-order valence-corrected chi connectivity index (χ3v) is 5.50. The van der Waals surface area contributed by atoms with E-state index in [9.17, 15) is 13.2 Å². The van der Waals surface area contributed by atoms with Gasteiger partial charge in [0.1, 0.15) is 0 Å². The van der Waals surface area contributed by atoms with E-state index in [1.54, 1.807) is 4.90 Å². The summed E-state index contributed by atoms with van der Waals surface area (Å²) in [4.78, 5) is 14.1. The van der Waals surface area contributed by atoms with Crippen LogP contribution in [0.25, 0.3) is 0 Å². The minimum atomic E-state index is -4.02. The monoisotopic (exact) mass is 349 g/mol. The first-order valence-electron chi connectivity index (χ1n) is 6.87. The second-order valence-corrected chi connectivity index (χ2v) is 8.13. The van der Waals surface area contributed by atoms with Gasteiger partial charge in [0, 0.05) is 23.8 Å². The van der Waals surface area contributed by atoms with Crippen LogP contribution in [-0.4, -0.2) is 32.3 Å². The SMILES string of the molecule is CCN(CC1CCC1)C(=O)c1c(Cl)cccc1S(=O)(=O)Cl. The van der Waals surface area contributed by atoms with Crippen LogP contribution >= 0.6 is 22.3 Å². The van der Waals surface area contributed by atoms with E-state index in [0.29, 0.717) is 19.0 Å². The lowest BCUT2D eigenvalue weighted by Crippen LogP contribution is -2.37. The first-order valence-corrected chi connectivity index (χ1v) is 9.55. The smallest absolute Gasteiger partial charge is 0.262 e. The Balaban J connectivity index is 2.37. The fraction of sp³-hybridized carbons (Fsp3) is 0.500. The van der Waals surface area contributed by atoms with Crippen molar-refractivity contribution in [2.75, 3.05) is 13.1 Å². The summed E-state index contributed by atoms with van der Waals surface area (Å²) in [5, 5.41) is 0.105. The molecule has 0 atom stereocenters. The molecule has 1 amide bonds. The predicted molar refractivity (Wildman–Crippen MR) is 83.4 cm³/mol. The van der Waals surface area contributed by atoms with Crippen LogP contribution < -0.4 is 0 Å². The lowest BCUT2D eigenvalue weighted by atomic mass is 9.85. The van der Waals surface area contributed by atoms with Crippen molar-refractivity contribution < 1.29 is 13.2 Å². The molecule has 0 saturated heterocycles. The molecule has 21 heavy (non-hydrogen) atoms. The number of hydrogen-bond donors (Lipinski definition) is 0. The van der Waals surface area contributed by atoms with Gasteiger partial charge in [-0.1, -0.05) is 24.1 Å². The van der Waals surface area contributed by atoms with Crippen LogP contribution in [0.3, 0.4) is 0 Å². The maximum absolute atomic E-state index is 12.7.